The minimum absolute atomic E-state index is 0.161. The number of amides is 4. The molecule has 4 atom stereocenters. The number of nitrogens with two attached hydrogens (primary N) is 2. The summed E-state index contributed by atoms with van der Waals surface area (Å²) in [4.78, 5) is 72.7. The van der Waals surface area contributed by atoms with E-state index in [9.17, 15) is 33.9 Å². The van der Waals surface area contributed by atoms with Crippen molar-refractivity contribution in [3.05, 3.63) is 0 Å². The summed E-state index contributed by atoms with van der Waals surface area (Å²) in [6.07, 6.45) is -0.602. The van der Waals surface area contributed by atoms with E-state index in [1.54, 1.807) is 13.8 Å². The van der Waals surface area contributed by atoms with Gasteiger partial charge >= 0.3 is 11.9 Å². The normalized spacial score (nSPS) is 18.5. The van der Waals surface area contributed by atoms with Gasteiger partial charge in [0.1, 0.15) is 18.1 Å². The number of hydrogen-bond donors (Lipinski definition) is 6. The van der Waals surface area contributed by atoms with Crippen LogP contribution in [0.1, 0.15) is 46.0 Å². The van der Waals surface area contributed by atoms with Crippen molar-refractivity contribution in [1.29, 1.82) is 0 Å². The number of carbonyl (C=O) groups is 6. The molecule has 0 aromatic carbocycles. The first kappa shape index (κ1) is 26.8. The van der Waals surface area contributed by atoms with Crippen LogP contribution in [0.5, 0.6) is 0 Å². The molecule has 13 nitrogen and oxygen atoms in total. The van der Waals surface area contributed by atoms with Crippen molar-refractivity contribution in [3.8, 4) is 0 Å². The van der Waals surface area contributed by atoms with Crippen LogP contribution < -0.4 is 22.1 Å². The van der Waals surface area contributed by atoms with Crippen LogP contribution >= 0.6 is 0 Å². The van der Waals surface area contributed by atoms with Gasteiger partial charge in [-0.1, -0.05) is 13.8 Å². The lowest BCUT2D eigenvalue weighted by Gasteiger charge is -2.29. The van der Waals surface area contributed by atoms with Gasteiger partial charge in [-0.3, -0.25) is 24.0 Å². The monoisotopic (exact) mass is 457 g/mol. The number of hydrogen-bond acceptors (Lipinski definition) is 7. The number of carboxylic acid groups (broad SMARTS) is 2. The molecule has 1 rings (SSSR count). The maximum atomic E-state index is 12.8. The SMILES string of the molecule is CC(C)C(N)C(=O)N1CCCC1C(=O)NC(CC(=O)O)C(=O)NC(CCC(N)=O)C(=O)O. The molecule has 1 aliphatic heterocycles. The highest BCUT2D eigenvalue weighted by Crippen LogP contribution is 2.20. The van der Waals surface area contributed by atoms with Crippen molar-refractivity contribution in [1.82, 2.24) is 15.5 Å². The molecule has 0 bridgehead atoms. The summed E-state index contributed by atoms with van der Waals surface area (Å²) in [5, 5.41) is 22.8. The Kier molecular flexibility index (Phi) is 10.0. The Morgan fingerprint density at radius 2 is 1.69 bits per heavy atom. The lowest BCUT2D eigenvalue weighted by Crippen LogP contribution is -2.57. The van der Waals surface area contributed by atoms with Gasteiger partial charge in [0.05, 0.1) is 12.5 Å². The summed E-state index contributed by atoms with van der Waals surface area (Å²) in [6.45, 7) is 3.82. The van der Waals surface area contributed by atoms with Gasteiger partial charge in [-0.25, -0.2) is 4.79 Å². The van der Waals surface area contributed by atoms with E-state index >= 15 is 0 Å². The Morgan fingerprint density at radius 3 is 2.19 bits per heavy atom. The molecule has 1 fully saturated rings. The van der Waals surface area contributed by atoms with Crippen LogP contribution in [0.3, 0.4) is 0 Å². The van der Waals surface area contributed by atoms with Gasteiger partial charge in [0.2, 0.25) is 23.6 Å². The molecule has 1 saturated heterocycles. The van der Waals surface area contributed by atoms with Crippen molar-refractivity contribution in [2.24, 2.45) is 17.4 Å². The number of likely N-dealkylation sites (tertiary alicyclic amines) is 1. The Balaban J connectivity index is 2.93. The van der Waals surface area contributed by atoms with Gasteiger partial charge in [0.15, 0.2) is 0 Å². The number of nitrogens with one attached hydrogen (secondary N) is 2. The van der Waals surface area contributed by atoms with Crippen LogP contribution in [0.4, 0.5) is 0 Å². The Labute approximate surface area is 184 Å². The highest BCUT2D eigenvalue weighted by Gasteiger charge is 2.38. The second-order valence-electron chi connectivity index (χ2n) is 8.02. The molecule has 0 saturated carbocycles. The number of aliphatic carboxylic acids is 2. The zero-order chi connectivity index (χ0) is 24.6. The van der Waals surface area contributed by atoms with E-state index in [1.165, 1.54) is 4.90 Å². The molecule has 8 N–H and O–H groups in total. The number of rotatable bonds is 12. The van der Waals surface area contributed by atoms with Gasteiger partial charge in [-0.15, -0.1) is 0 Å². The number of carboxylic acids is 2. The molecule has 32 heavy (non-hydrogen) atoms. The maximum Gasteiger partial charge on any atom is 0.326 e. The average Bonchev–Trinajstić information content (AvgIpc) is 3.18. The van der Waals surface area contributed by atoms with Gasteiger partial charge in [-0.05, 0) is 25.2 Å². The summed E-state index contributed by atoms with van der Waals surface area (Å²) < 4.78 is 0. The van der Waals surface area contributed by atoms with Gasteiger partial charge < -0.3 is 37.2 Å². The predicted molar refractivity (Wildman–Crippen MR) is 110 cm³/mol. The first-order valence-corrected chi connectivity index (χ1v) is 10.2. The molecule has 1 aliphatic rings. The summed E-state index contributed by atoms with van der Waals surface area (Å²) >= 11 is 0. The van der Waals surface area contributed by atoms with Crippen molar-refractivity contribution in [2.75, 3.05) is 6.54 Å². The summed E-state index contributed by atoms with van der Waals surface area (Å²) in [5.41, 5.74) is 10.9. The van der Waals surface area contributed by atoms with Crippen LogP contribution in [-0.4, -0.2) is 81.4 Å². The highest BCUT2D eigenvalue weighted by molar-refractivity contribution is 5.96. The Bertz CT molecular complexity index is 756. The van der Waals surface area contributed by atoms with Crippen molar-refractivity contribution in [2.45, 2.75) is 70.1 Å². The minimum atomic E-state index is -1.59. The molecule has 4 unspecified atom stereocenters. The zero-order valence-corrected chi connectivity index (χ0v) is 18.1. The lowest BCUT2D eigenvalue weighted by molar-refractivity contribution is -0.145. The number of primary amides is 1. The third-order valence-corrected chi connectivity index (χ3v) is 5.15. The number of nitrogens with zero attached hydrogens (tertiary/aromatic N) is 1. The van der Waals surface area contributed by atoms with Crippen LogP contribution in [0.15, 0.2) is 0 Å². The van der Waals surface area contributed by atoms with E-state index in [4.69, 9.17) is 16.6 Å². The van der Waals surface area contributed by atoms with Gasteiger partial charge in [-0.2, -0.15) is 0 Å². The van der Waals surface area contributed by atoms with E-state index in [-0.39, 0.29) is 18.8 Å². The quantitative estimate of drug-likeness (QED) is 0.186. The molecular weight excluding hydrogens is 426 g/mol. The second-order valence-corrected chi connectivity index (χ2v) is 8.02. The van der Waals surface area contributed by atoms with E-state index in [2.05, 4.69) is 10.6 Å². The zero-order valence-electron chi connectivity index (χ0n) is 18.1. The van der Waals surface area contributed by atoms with Crippen molar-refractivity contribution >= 4 is 35.6 Å². The van der Waals surface area contributed by atoms with Crippen LogP contribution in [0.2, 0.25) is 0 Å². The summed E-state index contributed by atoms with van der Waals surface area (Å²) in [5.74, 6) is -6.00. The van der Waals surface area contributed by atoms with Crippen molar-refractivity contribution in [3.63, 3.8) is 0 Å². The third kappa shape index (κ3) is 7.80. The molecular formula is C19H31N5O8. The smallest absolute Gasteiger partial charge is 0.326 e. The van der Waals surface area contributed by atoms with E-state index in [1.807, 2.05) is 0 Å². The van der Waals surface area contributed by atoms with E-state index < -0.39 is 66.2 Å². The first-order valence-electron chi connectivity index (χ1n) is 10.2. The topological polar surface area (TPSA) is 222 Å². The molecule has 0 aromatic rings. The second kappa shape index (κ2) is 12.0. The summed E-state index contributed by atoms with van der Waals surface area (Å²) in [6, 6.07) is -4.84. The fourth-order valence-electron chi connectivity index (χ4n) is 3.25. The molecule has 0 aliphatic carbocycles. The summed E-state index contributed by atoms with van der Waals surface area (Å²) in [7, 11) is 0. The van der Waals surface area contributed by atoms with Gasteiger partial charge in [0, 0.05) is 13.0 Å². The Hall–Kier alpha value is -3.22. The average molecular weight is 457 g/mol. The first-order chi connectivity index (χ1) is 14.8. The number of carbonyl (C=O) groups excluding carboxylic acids is 4. The van der Waals surface area contributed by atoms with Crippen LogP contribution in [-0.2, 0) is 28.8 Å². The standard InChI is InChI=1S/C19H31N5O8/c1-9(2)15(21)18(30)24-7-3-4-12(24)17(29)23-11(8-14(26)27)16(28)22-10(19(31)32)5-6-13(20)25/h9-12,15H,3-8,21H2,1-2H3,(H2,20,25)(H,22,28)(H,23,29)(H,26,27)(H,31,32). The Morgan fingerprint density at radius 1 is 1.06 bits per heavy atom. The van der Waals surface area contributed by atoms with Crippen LogP contribution in [0, 0.1) is 5.92 Å². The fourth-order valence-corrected chi connectivity index (χ4v) is 3.25. The highest BCUT2D eigenvalue weighted by atomic mass is 16.4. The maximum absolute atomic E-state index is 12.8. The van der Waals surface area contributed by atoms with Crippen molar-refractivity contribution < 1.29 is 39.0 Å². The van der Waals surface area contributed by atoms with E-state index in [0.717, 1.165) is 0 Å². The molecule has 0 radical (unpaired) electrons. The van der Waals surface area contributed by atoms with Gasteiger partial charge in [0.25, 0.3) is 0 Å². The van der Waals surface area contributed by atoms with E-state index in [0.29, 0.717) is 19.4 Å². The molecule has 180 valence electrons. The lowest BCUT2D eigenvalue weighted by atomic mass is 10.0. The minimum Gasteiger partial charge on any atom is -0.481 e. The largest absolute Gasteiger partial charge is 0.481 e. The predicted octanol–water partition coefficient (Wildman–Crippen LogP) is -2.24. The molecule has 0 aromatic heterocycles. The molecule has 0 spiro atoms. The molecule has 4 amide bonds. The fraction of sp³-hybridized carbons (Fsp3) is 0.684. The molecule has 1 heterocycles. The molecule has 13 heteroatoms. The van der Waals surface area contributed by atoms with Crippen LogP contribution in [0.25, 0.3) is 0 Å². The third-order valence-electron chi connectivity index (χ3n) is 5.15.